The number of hydrogen-bond donors (Lipinski definition) is 1. The van der Waals surface area contributed by atoms with Crippen molar-refractivity contribution < 1.29 is 9.50 Å². The normalized spacial score (nSPS) is 20.7. The molecule has 0 heterocycles. The highest BCUT2D eigenvalue weighted by Gasteiger charge is 2.41. The first-order chi connectivity index (χ1) is 9.47. The highest BCUT2D eigenvalue weighted by Crippen LogP contribution is 2.42. The summed E-state index contributed by atoms with van der Waals surface area (Å²) in [6.45, 7) is 0. The Morgan fingerprint density at radius 1 is 1.20 bits per heavy atom. The van der Waals surface area contributed by atoms with E-state index in [-0.39, 0.29) is 11.4 Å². The summed E-state index contributed by atoms with van der Waals surface area (Å²) in [5.41, 5.74) is 0.0352. The van der Waals surface area contributed by atoms with E-state index in [4.69, 9.17) is 0 Å². The number of rotatable bonds is 3. The molecule has 0 saturated heterocycles. The molecule has 1 atom stereocenters. The van der Waals surface area contributed by atoms with Gasteiger partial charge in [-0.3, -0.25) is 0 Å². The molecule has 1 saturated carbocycles. The van der Waals surface area contributed by atoms with E-state index in [0.29, 0.717) is 5.56 Å². The summed E-state index contributed by atoms with van der Waals surface area (Å²) in [6.07, 6.45) is 5.59. The summed E-state index contributed by atoms with van der Waals surface area (Å²) < 4.78 is 14.9. The minimum Gasteiger partial charge on any atom is -0.386 e. The molecule has 0 radical (unpaired) electrons. The number of likely N-dealkylation sites (N-methyl/N-ethyl adjacent to an activating group) is 1. The van der Waals surface area contributed by atoms with Gasteiger partial charge in [-0.25, -0.2) is 4.39 Å². The van der Waals surface area contributed by atoms with Gasteiger partial charge >= 0.3 is 0 Å². The number of halogens is 2. The van der Waals surface area contributed by atoms with Gasteiger partial charge in [0.05, 0.1) is 5.54 Å². The standard InChI is InChI=1S/C16H23BrFNO/c1-19(2)16(9-5-3-4-6-10-16)15(20)13-11-12(17)7-8-14(13)18/h7-8,11,15,20H,3-6,9-10H2,1-2H3. The summed E-state index contributed by atoms with van der Waals surface area (Å²) >= 11 is 3.37. The van der Waals surface area contributed by atoms with Crippen LogP contribution in [0.25, 0.3) is 0 Å². The highest BCUT2D eigenvalue weighted by atomic mass is 79.9. The molecule has 0 amide bonds. The van der Waals surface area contributed by atoms with Crippen LogP contribution < -0.4 is 0 Å². The maximum absolute atomic E-state index is 14.1. The van der Waals surface area contributed by atoms with Crippen LogP contribution in [0.3, 0.4) is 0 Å². The number of hydrogen-bond acceptors (Lipinski definition) is 2. The second-order valence-corrected chi connectivity index (χ2v) is 6.90. The van der Waals surface area contributed by atoms with Crippen molar-refractivity contribution in [1.82, 2.24) is 4.90 Å². The van der Waals surface area contributed by atoms with Crippen molar-refractivity contribution in [3.8, 4) is 0 Å². The highest BCUT2D eigenvalue weighted by molar-refractivity contribution is 9.10. The van der Waals surface area contributed by atoms with Crippen molar-refractivity contribution in [3.63, 3.8) is 0 Å². The minimum absolute atomic E-state index is 0.328. The molecule has 1 N–H and O–H groups in total. The number of aliphatic hydroxyl groups excluding tert-OH is 1. The molecule has 1 aliphatic carbocycles. The van der Waals surface area contributed by atoms with Gasteiger partial charge in [0.1, 0.15) is 11.9 Å². The largest absolute Gasteiger partial charge is 0.386 e. The Kier molecular flexibility index (Phi) is 5.21. The molecule has 0 aliphatic heterocycles. The lowest BCUT2D eigenvalue weighted by molar-refractivity contribution is -0.0217. The summed E-state index contributed by atoms with van der Waals surface area (Å²) in [5, 5.41) is 10.9. The van der Waals surface area contributed by atoms with Crippen LogP contribution in [-0.2, 0) is 0 Å². The van der Waals surface area contributed by atoms with Crippen LogP contribution in [0.2, 0.25) is 0 Å². The lowest BCUT2D eigenvalue weighted by Gasteiger charge is -2.43. The first kappa shape index (κ1) is 15.9. The molecule has 1 fully saturated rings. The summed E-state index contributed by atoms with van der Waals surface area (Å²) in [4.78, 5) is 2.09. The minimum atomic E-state index is -0.798. The van der Waals surface area contributed by atoms with Crippen LogP contribution in [0.1, 0.15) is 50.2 Å². The van der Waals surface area contributed by atoms with Gasteiger partial charge in [0.15, 0.2) is 0 Å². The fraction of sp³-hybridized carbons (Fsp3) is 0.625. The van der Waals surface area contributed by atoms with E-state index in [1.807, 2.05) is 14.1 Å². The SMILES string of the molecule is CN(C)C1(C(O)c2cc(Br)ccc2F)CCCCCC1. The molecule has 1 aliphatic rings. The molecule has 0 bridgehead atoms. The molecular formula is C16H23BrFNO. The summed E-state index contributed by atoms with van der Waals surface area (Å²) in [7, 11) is 3.98. The smallest absolute Gasteiger partial charge is 0.129 e. The molecule has 1 aromatic rings. The fourth-order valence-electron chi connectivity index (χ4n) is 3.32. The first-order valence-corrected chi connectivity index (χ1v) is 8.07. The molecule has 2 nitrogen and oxygen atoms in total. The second-order valence-electron chi connectivity index (χ2n) is 5.98. The Morgan fingerprint density at radius 2 is 1.80 bits per heavy atom. The molecule has 4 heteroatoms. The quantitative estimate of drug-likeness (QED) is 0.828. The predicted molar refractivity (Wildman–Crippen MR) is 83.2 cm³/mol. The fourth-order valence-corrected chi connectivity index (χ4v) is 3.70. The molecular weight excluding hydrogens is 321 g/mol. The Morgan fingerprint density at radius 3 is 2.35 bits per heavy atom. The lowest BCUT2D eigenvalue weighted by Crippen LogP contribution is -2.49. The zero-order valence-corrected chi connectivity index (χ0v) is 13.8. The maximum atomic E-state index is 14.1. The Bertz CT molecular complexity index is 456. The lowest BCUT2D eigenvalue weighted by atomic mass is 9.80. The van der Waals surface area contributed by atoms with Crippen LogP contribution >= 0.6 is 15.9 Å². The average molecular weight is 344 g/mol. The van der Waals surface area contributed by atoms with Crippen molar-refractivity contribution in [3.05, 3.63) is 34.1 Å². The van der Waals surface area contributed by atoms with E-state index >= 15 is 0 Å². The van der Waals surface area contributed by atoms with Gasteiger partial charge in [0.2, 0.25) is 0 Å². The molecule has 2 rings (SSSR count). The number of aliphatic hydroxyl groups is 1. The van der Waals surface area contributed by atoms with Gasteiger partial charge in [-0.15, -0.1) is 0 Å². The Labute approximate surface area is 129 Å². The van der Waals surface area contributed by atoms with Crippen molar-refractivity contribution >= 4 is 15.9 Å². The van der Waals surface area contributed by atoms with E-state index in [0.717, 1.165) is 30.2 Å². The third-order valence-electron chi connectivity index (χ3n) is 4.62. The number of benzene rings is 1. The van der Waals surface area contributed by atoms with Gasteiger partial charge < -0.3 is 10.0 Å². The van der Waals surface area contributed by atoms with E-state index in [2.05, 4.69) is 20.8 Å². The van der Waals surface area contributed by atoms with E-state index in [1.54, 1.807) is 12.1 Å². The predicted octanol–water partition coefficient (Wildman–Crippen LogP) is 4.28. The van der Waals surface area contributed by atoms with E-state index in [9.17, 15) is 9.50 Å². The molecule has 112 valence electrons. The van der Waals surface area contributed by atoms with Crippen molar-refractivity contribution in [2.24, 2.45) is 0 Å². The first-order valence-electron chi connectivity index (χ1n) is 7.28. The Hall–Kier alpha value is -0.450. The molecule has 0 spiro atoms. The monoisotopic (exact) mass is 343 g/mol. The summed E-state index contributed by atoms with van der Waals surface area (Å²) in [5.74, 6) is -0.328. The van der Waals surface area contributed by atoms with Crippen LogP contribution in [0.4, 0.5) is 4.39 Å². The molecule has 1 unspecified atom stereocenters. The second kappa shape index (κ2) is 6.54. The van der Waals surface area contributed by atoms with Crippen molar-refractivity contribution in [1.29, 1.82) is 0 Å². The number of nitrogens with zero attached hydrogens (tertiary/aromatic N) is 1. The van der Waals surface area contributed by atoms with Gasteiger partial charge in [0.25, 0.3) is 0 Å². The van der Waals surface area contributed by atoms with Gasteiger partial charge in [-0.05, 0) is 45.1 Å². The molecule has 0 aromatic heterocycles. The third kappa shape index (κ3) is 3.07. The summed E-state index contributed by atoms with van der Waals surface area (Å²) in [6, 6.07) is 4.79. The third-order valence-corrected chi connectivity index (χ3v) is 5.11. The van der Waals surface area contributed by atoms with Crippen LogP contribution in [0, 0.1) is 5.82 Å². The van der Waals surface area contributed by atoms with Crippen LogP contribution in [0.5, 0.6) is 0 Å². The zero-order chi connectivity index (χ0) is 14.8. The maximum Gasteiger partial charge on any atom is 0.129 e. The molecule has 1 aromatic carbocycles. The van der Waals surface area contributed by atoms with E-state index in [1.165, 1.54) is 18.9 Å². The van der Waals surface area contributed by atoms with E-state index < -0.39 is 6.10 Å². The van der Waals surface area contributed by atoms with Crippen molar-refractivity contribution in [2.45, 2.75) is 50.2 Å². The van der Waals surface area contributed by atoms with Gasteiger partial charge in [-0.2, -0.15) is 0 Å². The van der Waals surface area contributed by atoms with Crippen molar-refractivity contribution in [2.75, 3.05) is 14.1 Å². The average Bonchev–Trinajstić information content (AvgIpc) is 2.67. The van der Waals surface area contributed by atoms with Gasteiger partial charge in [0, 0.05) is 10.0 Å². The zero-order valence-electron chi connectivity index (χ0n) is 12.2. The van der Waals surface area contributed by atoms with Crippen LogP contribution in [0.15, 0.2) is 22.7 Å². The molecule has 20 heavy (non-hydrogen) atoms. The van der Waals surface area contributed by atoms with Crippen LogP contribution in [-0.4, -0.2) is 29.6 Å². The van der Waals surface area contributed by atoms with Gasteiger partial charge in [-0.1, -0.05) is 41.6 Å². The Balaban J connectivity index is 2.40. The topological polar surface area (TPSA) is 23.5 Å².